The van der Waals surface area contributed by atoms with Crippen LogP contribution in [-0.4, -0.2) is 24.9 Å². The van der Waals surface area contributed by atoms with Gasteiger partial charge in [-0.1, -0.05) is 0 Å². The summed E-state index contributed by atoms with van der Waals surface area (Å²) in [5.74, 6) is -5.32. The van der Waals surface area contributed by atoms with Gasteiger partial charge in [-0.3, -0.25) is 9.69 Å². The van der Waals surface area contributed by atoms with E-state index in [1.54, 1.807) is 0 Å². The number of alkyl halides is 4. The van der Waals surface area contributed by atoms with Crippen molar-refractivity contribution in [3.63, 3.8) is 0 Å². The number of hydrogen-bond acceptors (Lipinski definition) is 3. The zero-order chi connectivity index (χ0) is 21.2. The van der Waals surface area contributed by atoms with Crippen molar-refractivity contribution >= 4 is 23.7 Å². The third-order valence-electron chi connectivity index (χ3n) is 3.35. The predicted octanol–water partition coefficient (Wildman–Crippen LogP) is 4.37. The van der Waals surface area contributed by atoms with Gasteiger partial charge in [-0.15, -0.1) is 0 Å². The Hall–Kier alpha value is -3.31. The fraction of sp³-hybridized carbons (Fsp3) is 0.125. The van der Waals surface area contributed by atoms with Gasteiger partial charge < -0.3 is 10.5 Å². The minimum atomic E-state index is -4.92. The van der Waals surface area contributed by atoms with Crippen LogP contribution in [0.5, 0.6) is 5.75 Å². The van der Waals surface area contributed by atoms with E-state index < -0.39 is 58.7 Å². The second-order valence-electron chi connectivity index (χ2n) is 5.16. The van der Waals surface area contributed by atoms with Crippen LogP contribution in [0.2, 0.25) is 0 Å². The molecule has 0 unspecified atom stereocenters. The summed E-state index contributed by atoms with van der Waals surface area (Å²) in [4.78, 5) is 22.7. The topological polar surface area (TPSA) is 72.6 Å². The maximum atomic E-state index is 14.3. The van der Waals surface area contributed by atoms with Crippen molar-refractivity contribution in [2.75, 3.05) is 4.90 Å². The first kappa shape index (κ1) is 21.0. The average Bonchev–Trinajstić information content (AvgIpc) is 2.58. The number of rotatable bonds is 6. The van der Waals surface area contributed by atoms with Crippen LogP contribution in [0.15, 0.2) is 30.3 Å². The first-order chi connectivity index (χ1) is 13.0. The van der Waals surface area contributed by atoms with E-state index in [-0.39, 0.29) is 17.3 Å². The van der Waals surface area contributed by atoms with Crippen LogP contribution >= 0.6 is 0 Å². The van der Waals surface area contributed by atoms with Crippen LogP contribution in [0.25, 0.3) is 0 Å². The van der Waals surface area contributed by atoms with E-state index in [0.29, 0.717) is 24.3 Å². The Morgan fingerprint density at radius 2 is 1.68 bits per heavy atom. The van der Waals surface area contributed by atoms with Crippen molar-refractivity contribution < 1.29 is 45.1 Å². The van der Waals surface area contributed by atoms with E-state index in [1.165, 1.54) is 0 Å². The summed E-state index contributed by atoms with van der Waals surface area (Å²) in [7, 11) is 0. The minimum Gasteiger partial charge on any atom is -0.428 e. The largest absolute Gasteiger partial charge is 0.461 e. The number of carbonyl (C=O) groups excluding carboxylic acids is 2. The Labute approximate surface area is 152 Å². The lowest BCUT2D eigenvalue weighted by molar-refractivity contribution is -0.253. The van der Waals surface area contributed by atoms with Crippen molar-refractivity contribution in [3.05, 3.63) is 53.3 Å². The molecule has 0 aliphatic carbocycles. The summed E-state index contributed by atoms with van der Waals surface area (Å²) in [5, 5.41) is 0. The third-order valence-corrected chi connectivity index (χ3v) is 3.35. The van der Waals surface area contributed by atoms with Gasteiger partial charge in [0.1, 0.15) is 11.6 Å². The van der Waals surface area contributed by atoms with Gasteiger partial charge in [0.25, 0.3) is 0 Å². The number of ether oxygens (including phenoxy) is 1. The highest BCUT2D eigenvalue weighted by molar-refractivity contribution is 5.99. The molecule has 12 heteroatoms. The normalized spacial score (nSPS) is 11.4. The van der Waals surface area contributed by atoms with Crippen LogP contribution in [0.4, 0.5) is 46.9 Å². The molecule has 5 nitrogen and oxygen atoms in total. The fourth-order valence-corrected chi connectivity index (χ4v) is 2.14. The van der Waals surface area contributed by atoms with E-state index in [4.69, 9.17) is 5.73 Å². The predicted molar refractivity (Wildman–Crippen MR) is 81.4 cm³/mol. The van der Waals surface area contributed by atoms with Gasteiger partial charge in [-0.05, 0) is 24.3 Å². The smallest absolute Gasteiger partial charge is 0.428 e. The summed E-state index contributed by atoms with van der Waals surface area (Å²) in [6.07, 6.45) is -9.31. The van der Waals surface area contributed by atoms with Crippen LogP contribution in [0, 0.1) is 17.5 Å². The number of halogens is 7. The Kier molecular flexibility index (Phi) is 5.81. The quantitative estimate of drug-likeness (QED) is 0.568. The lowest BCUT2D eigenvalue weighted by Gasteiger charge is -2.23. The maximum absolute atomic E-state index is 14.3. The second-order valence-corrected chi connectivity index (χ2v) is 5.16. The zero-order valence-corrected chi connectivity index (χ0v) is 13.4. The molecule has 2 aromatic carbocycles. The standard InChI is InChI=1S/C16H9F7N2O3/c17-9-2-4-12(13(19)8(9)6-26)25(15(24)27)11-3-1-7(5-10(11)18)28-16(22,23)14(20)21/h1-6,14H,(H2,24,27). The maximum Gasteiger partial charge on any atom is 0.461 e. The summed E-state index contributed by atoms with van der Waals surface area (Å²) in [6.45, 7) is 0. The van der Waals surface area contributed by atoms with Gasteiger partial charge in [-0.25, -0.2) is 18.0 Å². The summed E-state index contributed by atoms with van der Waals surface area (Å²) < 4.78 is 95.8. The number of primary amides is 1. The SMILES string of the molecule is NC(=O)N(c1ccc(OC(F)(F)C(F)F)cc1F)c1ccc(F)c(C=O)c1F. The zero-order valence-electron chi connectivity index (χ0n) is 13.4. The van der Waals surface area contributed by atoms with E-state index in [9.17, 15) is 40.3 Å². The van der Waals surface area contributed by atoms with Gasteiger partial charge >= 0.3 is 18.6 Å². The molecule has 2 N–H and O–H groups in total. The lowest BCUT2D eigenvalue weighted by Crippen LogP contribution is -2.34. The molecule has 0 heterocycles. The number of urea groups is 1. The molecule has 0 fully saturated rings. The average molecular weight is 410 g/mol. The minimum absolute atomic E-state index is 0.187. The molecule has 0 aliphatic heterocycles. The number of nitrogens with two attached hydrogens (primary N) is 1. The highest BCUT2D eigenvalue weighted by Gasteiger charge is 2.44. The first-order valence-corrected chi connectivity index (χ1v) is 7.16. The Morgan fingerprint density at radius 3 is 2.18 bits per heavy atom. The van der Waals surface area contributed by atoms with Crippen LogP contribution in [0.3, 0.4) is 0 Å². The van der Waals surface area contributed by atoms with E-state index in [2.05, 4.69) is 4.74 Å². The van der Waals surface area contributed by atoms with Gasteiger partial charge in [0, 0.05) is 6.07 Å². The molecule has 2 rings (SSSR count). The molecular weight excluding hydrogens is 401 g/mol. The number of anilines is 2. The molecule has 150 valence electrons. The molecule has 0 saturated heterocycles. The molecule has 2 aromatic rings. The summed E-state index contributed by atoms with van der Waals surface area (Å²) >= 11 is 0. The molecule has 0 aromatic heterocycles. The van der Waals surface area contributed by atoms with Gasteiger partial charge in [0.05, 0.1) is 16.9 Å². The van der Waals surface area contributed by atoms with Crippen molar-refractivity contribution in [1.82, 2.24) is 0 Å². The van der Waals surface area contributed by atoms with Gasteiger partial charge in [0.2, 0.25) is 0 Å². The Balaban J connectivity index is 2.52. The molecule has 0 spiro atoms. The molecule has 0 aliphatic rings. The molecule has 28 heavy (non-hydrogen) atoms. The van der Waals surface area contributed by atoms with Gasteiger partial charge in [-0.2, -0.15) is 17.6 Å². The molecule has 2 amide bonds. The van der Waals surface area contributed by atoms with Crippen molar-refractivity contribution in [1.29, 1.82) is 0 Å². The highest BCUT2D eigenvalue weighted by Crippen LogP contribution is 2.35. The number of benzene rings is 2. The lowest BCUT2D eigenvalue weighted by atomic mass is 10.1. The van der Waals surface area contributed by atoms with Crippen LogP contribution in [0.1, 0.15) is 10.4 Å². The number of amides is 2. The number of carbonyl (C=O) groups is 2. The third kappa shape index (κ3) is 4.00. The molecule has 0 bridgehead atoms. The Morgan fingerprint density at radius 1 is 1.07 bits per heavy atom. The highest BCUT2D eigenvalue weighted by atomic mass is 19.3. The molecular formula is C16H9F7N2O3. The summed E-state index contributed by atoms with van der Waals surface area (Å²) in [6, 6.07) is 1.23. The van der Waals surface area contributed by atoms with E-state index in [1.807, 2.05) is 0 Å². The van der Waals surface area contributed by atoms with Gasteiger partial charge in [0.15, 0.2) is 17.9 Å². The van der Waals surface area contributed by atoms with E-state index in [0.717, 1.165) is 0 Å². The van der Waals surface area contributed by atoms with E-state index >= 15 is 0 Å². The first-order valence-electron chi connectivity index (χ1n) is 7.16. The van der Waals surface area contributed by atoms with Crippen LogP contribution < -0.4 is 15.4 Å². The monoisotopic (exact) mass is 410 g/mol. The number of nitrogens with zero attached hydrogens (tertiary/aromatic N) is 1. The Bertz CT molecular complexity index is 921. The van der Waals surface area contributed by atoms with Crippen LogP contribution in [-0.2, 0) is 0 Å². The number of hydrogen-bond donors (Lipinski definition) is 1. The van der Waals surface area contributed by atoms with Crippen molar-refractivity contribution in [2.45, 2.75) is 12.5 Å². The molecule has 0 saturated carbocycles. The molecule has 0 radical (unpaired) electrons. The number of aldehydes is 1. The fourth-order valence-electron chi connectivity index (χ4n) is 2.14. The molecule has 0 atom stereocenters. The van der Waals surface area contributed by atoms with Crippen molar-refractivity contribution in [2.24, 2.45) is 5.73 Å². The van der Waals surface area contributed by atoms with Crippen molar-refractivity contribution in [3.8, 4) is 5.75 Å². The summed E-state index contributed by atoms with van der Waals surface area (Å²) in [5.41, 5.74) is 2.38. The second kappa shape index (κ2) is 7.74.